The van der Waals surface area contributed by atoms with Crippen molar-refractivity contribution in [2.75, 3.05) is 26.3 Å². The highest BCUT2D eigenvalue weighted by molar-refractivity contribution is 5.78. The van der Waals surface area contributed by atoms with Crippen molar-refractivity contribution in [3.8, 4) is 0 Å². The second kappa shape index (κ2) is 5.03. The van der Waals surface area contributed by atoms with Gasteiger partial charge >= 0.3 is 0 Å². The normalized spacial score (nSPS) is 26.0. The Morgan fingerprint density at radius 3 is 2.83 bits per heavy atom. The minimum atomic E-state index is -0.0798. The summed E-state index contributed by atoms with van der Waals surface area (Å²) in [5.41, 5.74) is 0. The summed E-state index contributed by atoms with van der Waals surface area (Å²) >= 11 is 0. The number of carbonyl (C=O) groups excluding carboxylic acids is 1. The van der Waals surface area contributed by atoms with Gasteiger partial charge in [0.05, 0.1) is 6.54 Å². The van der Waals surface area contributed by atoms with E-state index in [1.54, 1.807) is 0 Å². The lowest BCUT2D eigenvalue weighted by Crippen LogP contribution is -2.47. The summed E-state index contributed by atoms with van der Waals surface area (Å²) in [6, 6.07) is -0.0798. The Kier molecular flexibility index (Phi) is 3.24. The van der Waals surface area contributed by atoms with Crippen LogP contribution in [-0.4, -0.2) is 42.4 Å². The summed E-state index contributed by atoms with van der Waals surface area (Å²) in [5.74, 6) is 1.63. The number of rotatable bonds is 2. The molecular weight excluding hydrogens is 236 g/mol. The van der Waals surface area contributed by atoms with Crippen LogP contribution < -0.4 is 10.6 Å². The second-order valence-electron chi connectivity index (χ2n) is 4.62. The van der Waals surface area contributed by atoms with Crippen molar-refractivity contribution in [2.24, 2.45) is 0 Å². The highest BCUT2D eigenvalue weighted by atomic mass is 16.5. The zero-order valence-electron chi connectivity index (χ0n) is 10.0. The lowest BCUT2D eigenvalue weighted by molar-refractivity contribution is -0.121. The maximum atomic E-state index is 11.0. The molecule has 0 radical (unpaired) electrons. The van der Waals surface area contributed by atoms with E-state index in [4.69, 9.17) is 9.26 Å². The van der Waals surface area contributed by atoms with Gasteiger partial charge in [-0.25, -0.2) is 0 Å². The van der Waals surface area contributed by atoms with Crippen molar-refractivity contribution in [1.82, 2.24) is 20.8 Å². The smallest absolute Gasteiger partial charge is 0.245 e. The molecule has 98 valence electrons. The quantitative estimate of drug-likeness (QED) is 0.752. The summed E-state index contributed by atoms with van der Waals surface area (Å²) in [6.07, 6.45) is 1.88. The Balaban J connectivity index is 1.67. The Morgan fingerprint density at radius 1 is 1.28 bits per heavy atom. The molecule has 1 aromatic heterocycles. The largest absolute Gasteiger partial charge is 0.381 e. The summed E-state index contributed by atoms with van der Waals surface area (Å²) < 4.78 is 10.6. The SMILES string of the molecule is O=C1CNC(c2nc(C3CCOCC3)no2)CN1. The number of aromatic nitrogens is 2. The Labute approximate surface area is 104 Å². The van der Waals surface area contributed by atoms with Crippen LogP contribution in [0.4, 0.5) is 0 Å². The highest BCUT2D eigenvalue weighted by Crippen LogP contribution is 2.25. The zero-order chi connectivity index (χ0) is 12.4. The highest BCUT2D eigenvalue weighted by Gasteiger charge is 2.26. The van der Waals surface area contributed by atoms with Gasteiger partial charge in [-0.15, -0.1) is 0 Å². The number of hydrogen-bond acceptors (Lipinski definition) is 6. The van der Waals surface area contributed by atoms with Crippen LogP contribution in [0.3, 0.4) is 0 Å². The molecule has 2 aliphatic heterocycles. The molecule has 1 aromatic rings. The van der Waals surface area contributed by atoms with Crippen molar-refractivity contribution in [3.05, 3.63) is 11.7 Å². The number of amides is 1. The van der Waals surface area contributed by atoms with Crippen molar-refractivity contribution >= 4 is 5.91 Å². The average molecular weight is 252 g/mol. The standard InChI is InChI=1S/C11H16N4O3/c16-9-6-12-8(5-13-9)11-14-10(15-18-11)7-1-3-17-4-2-7/h7-8,12H,1-6H2,(H,13,16). The second-order valence-corrected chi connectivity index (χ2v) is 4.62. The van der Waals surface area contributed by atoms with E-state index in [2.05, 4.69) is 20.8 Å². The number of carbonyl (C=O) groups is 1. The van der Waals surface area contributed by atoms with Gasteiger partial charge in [-0.1, -0.05) is 5.16 Å². The number of ether oxygens (including phenoxy) is 1. The molecule has 0 aliphatic carbocycles. The van der Waals surface area contributed by atoms with Crippen molar-refractivity contribution in [2.45, 2.75) is 24.8 Å². The summed E-state index contributed by atoms with van der Waals surface area (Å²) in [5, 5.41) is 9.88. The molecule has 3 rings (SSSR count). The van der Waals surface area contributed by atoms with Gasteiger partial charge in [0.2, 0.25) is 11.8 Å². The van der Waals surface area contributed by atoms with Gasteiger partial charge in [0.1, 0.15) is 6.04 Å². The van der Waals surface area contributed by atoms with E-state index in [0.717, 1.165) is 31.9 Å². The fourth-order valence-electron chi connectivity index (χ4n) is 2.25. The number of piperazine rings is 1. The fraction of sp³-hybridized carbons (Fsp3) is 0.727. The summed E-state index contributed by atoms with van der Waals surface area (Å²) in [4.78, 5) is 15.5. The Bertz CT molecular complexity index is 418. The first-order chi connectivity index (χ1) is 8.83. The molecule has 18 heavy (non-hydrogen) atoms. The first kappa shape index (κ1) is 11.6. The molecule has 3 heterocycles. The van der Waals surface area contributed by atoms with Crippen LogP contribution in [0, 0.1) is 0 Å². The van der Waals surface area contributed by atoms with E-state index in [-0.39, 0.29) is 11.9 Å². The van der Waals surface area contributed by atoms with Gasteiger partial charge in [-0.05, 0) is 12.8 Å². The van der Waals surface area contributed by atoms with E-state index >= 15 is 0 Å². The van der Waals surface area contributed by atoms with E-state index < -0.39 is 0 Å². The molecule has 1 amide bonds. The van der Waals surface area contributed by atoms with Gasteiger partial charge in [-0.2, -0.15) is 4.98 Å². The van der Waals surface area contributed by atoms with Gasteiger partial charge in [0, 0.05) is 25.7 Å². The molecule has 7 heteroatoms. The summed E-state index contributed by atoms with van der Waals surface area (Å²) in [6.45, 7) is 2.30. The van der Waals surface area contributed by atoms with Crippen LogP contribution in [0.1, 0.15) is 36.5 Å². The molecule has 2 N–H and O–H groups in total. The van der Waals surface area contributed by atoms with Crippen LogP contribution in [0.2, 0.25) is 0 Å². The number of nitrogens with zero attached hydrogens (tertiary/aromatic N) is 2. The zero-order valence-corrected chi connectivity index (χ0v) is 10.0. The minimum absolute atomic E-state index is 0.00424. The predicted molar refractivity (Wildman–Crippen MR) is 60.8 cm³/mol. The molecule has 2 fully saturated rings. The molecule has 7 nitrogen and oxygen atoms in total. The fourth-order valence-corrected chi connectivity index (χ4v) is 2.25. The summed E-state index contributed by atoms with van der Waals surface area (Å²) in [7, 11) is 0. The lowest BCUT2D eigenvalue weighted by atomic mass is 10.00. The van der Waals surface area contributed by atoms with Crippen molar-refractivity contribution in [3.63, 3.8) is 0 Å². The van der Waals surface area contributed by atoms with Crippen LogP contribution in [-0.2, 0) is 9.53 Å². The van der Waals surface area contributed by atoms with Gasteiger partial charge in [-0.3, -0.25) is 10.1 Å². The third kappa shape index (κ3) is 2.37. The molecule has 2 aliphatic rings. The van der Waals surface area contributed by atoms with Crippen molar-refractivity contribution in [1.29, 1.82) is 0 Å². The molecule has 2 saturated heterocycles. The van der Waals surface area contributed by atoms with Crippen molar-refractivity contribution < 1.29 is 14.1 Å². The minimum Gasteiger partial charge on any atom is -0.381 e. The first-order valence-corrected chi connectivity index (χ1v) is 6.24. The van der Waals surface area contributed by atoms with E-state index in [0.29, 0.717) is 24.9 Å². The van der Waals surface area contributed by atoms with Crippen LogP contribution in [0.25, 0.3) is 0 Å². The average Bonchev–Trinajstić information content (AvgIpc) is 2.90. The Hall–Kier alpha value is -1.47. The molecular formula is C11H16N4O3. The van der Waals surface area contributed by atoms with Crippen LogP contribution in [0.15, 0.2) is 4.52 Å². The molecule has 0 saturated carbocycles. The first-order valence-electron chi connectivity index (χ1n) is 6.24. The van der Waals surface area contributed by atoms with E-state index in [1.807, 2.05) is 0 Å². The molecule has 0 spiro atoms. The van der Waals surface area contributed by atoms with Gasteiger partial charge in [0.15, 0.2) is 5.82 Å². The third-order valence-electron chi connectivity index (χ3n) is 3.35. The Morgan fingerprint density at radius 2 is 2.11 bits per heavy atom. The van der Waals surface area contributed by atoms with E-state index in [1.165, 1.54) is 0 Å². The predicted octanol–water partition coefficient (Wildman–Crippen LogP) is -0.276. The number of nitrogens with one attached hydrogen (secondary N) is 2. The topological polar surface area (TPSA) is 89.3 Å². The molecule has 0 aromatic carbocycles. The van der Waals surface area contributed by atoms with Crippen LogP contribution in [0.5, 0.6) is 0 Å². The lowest BCUT2D eigenvalue weighted by Gasteiger charge is -2.20. The third-order valence-corrected chi connectivity index (χ3v) is 3.35. The monoisotopic (exact) mass is 252 g/mol. The maximum absolute atomic E-state index is 11.0. The molecule has 0 bridgehead atoms. The van der Waals surface area contributed by atoms with E-state index in [9.17, 15) is 4.79 Å². The van der Waals surface area contributed by atoms with Crippen LogP contribution >= 0.6 is 0 Å². The molecule has 1 unspecified atom stereocenters. The number of hydrogen-bond donors (Lipinski definition) is 2. The maximum Gasteiger partial charge on any atom is 0.245 e. The van der Waals surface area contributed by atoms with Gasteiger partial charge < -0.3 is 14.6 Å². The van der Waals surface area contributed by atoms with Gasteiger partial charge in [0.25, 0.3) is 0 Å². The molecule has 1 atom stereocenters.